The van der Waals surface area contributed by atoms with Crippen LogP contribution in [0.25, 0.3) is 0 Å². The van der Waals surface area contributed by atoms with E-state index in [2.05, 4.69) is 18.3 Å². The molecule has 2 rings (SSSR count). The van der Waals surface area contributed by atoms with Crippen LogP contribution in [0, 0.1) is 0 Å². The van der Waals surface area contributed by atoms with Gasteiger partial charge >= 0.3 is 0 Å². The predicted molar refractivity (Wildman–Crippen MR) is 68.3 cm³/mol. The Morgan fingerprint density at radius 3 is 2.88 bits per heavy atom. The third-order valence-electron chi connectivity index (χ3n) is 3.60. The first kappa shape index (κ1) is 12.4. The summed E-state index contributed by atoms with van der Waals surface area (Å²) in [7, 11) is 0. The molecule has 0 saturated carbocycles. The van der Waals surface area contributed by atoms with Crippen molar-refractivity contribution in [1.82, 2.24) is 5.32 Å². The topological polar surface area (TPSA) is 41.5 Å². The van der Waals surface area contributed by atoms with E-state index >= 15 is 0 Å². The molecule has 0 aromatic heterocycles. The summed E-state index contributed by atoms with van der Waals surface area (Å²) >= 11 is 0. The van der Waals surface area contributed by atoms with Crippen LogP contribution in [0.15, 0.2) is 24.3 Å². The number of hydrogen-bond donors (Lipinski definition) is 2. The van der Waals surface area contributed by atoms with Gasteiger partial charge in [-0.25, -0.2) is 0 Å². The molecule has 3 nitrogen and oxygen atoms in total. The van der Waals surface area contributed by atoms with E-state index in [4.69, 9.17) is 4.74 Å². The van der Waals surface area contributed by atoms with Gasteiger partial charge in [0.05, 0.1) is 6.61 Å². The number of fused-ring (bicyclic) bond motifs is 1. The van der Waals surface area contributed by atoms with E-state index in [-0.39, 0.29) is 18.2 Å². The first-order chi connectivity index (χ1) is 8.17. The number of rotatable bonds is 5. The second kappa shape index (κ2) is 5.07. The van der Waals surface area contributed by atoms with Crippen LogP contribution in [0.3, 0.4) is 0 Å². The third kappa shape index (κ3) is 2.79. The molecule has 0 bridgehead atoms. The molecule has 0 aliphatic carbocycles. The molecule has 0 radical (unpaired) electrons. The molecule has 17 heavy (non-hydrogen) atoms. The SMILES string of the molecule is CCC(C)(CO)NCC1Cc2ccccc2O1. The van der Waals surface area contributed by atoms with Crippen molar-refractivity contribution in [2.45, 2.75) is 38.3 Å². The van der Waals surface area contributed by atoms with Crippen molar-refractivity contribution in [2.24, 2.45) is 0 Å². The highest BCUT2D eigenvalue weighted by atomic mass is 16.5. The van der Waals surface area contributed by atoms with Crippen molar-refractivity contribution in [1.29, 1.82) is 0 Å². The van der Waals surface area contributed by atoms with E-state index in [0.29, 0.717) is 0 Å². The van der Waals surface area contributed by atoms with Crippen LogP contribution in [-0.2, 0) is 6.42 Å². The van der Waals surface area contributed by atoms with Gasteiger partial charge in [-0.05, 0) is 25.0 Å². The van der Waals surface area contributed by atoms with Gasteiger partial charge in [-0.1, -0.05) is 25.1 Å². The van der Waals surface area contributed by atoms with Crippen LogP contribution in [0.4, 0.5) is 0 Å². The number of aliphatic hydroxyl groups excluding tert-OH is 1. The van der Waals surface area contributed by atoms with Gasteiger partial charge in [-0.3, -0.25) is 0 Å². The lowest BCUT2D eigenvalue weighted by molar-refractivity contribution is 0.146. The second-order valence-electron chi connectivity index (χ2n) is 5.00. The number of benzene rings is 1. The molecule has 0 amide bonds. The molecule has 1 aliphatic heterocycles. The molecule has 2 unspecified atom stereocenters. The van der Waals surface area contributed by atoms with Crippen molar-refractivity contribution in [3.05, 3.63) is 29.8 Å². The summed E-state index contributed by atoms with van der Waals surface area (Å²) in [5.41, 5.74) is 1.08. The molecule has 3 heteroatoms. The van der Waals surface area contributed by atoms with Crippen LogP contribution in [0.2, 0.25) is 0 Å². The van der Waals surface area contributed by atoms with E-state index in [0.717, 1.165) is 25.1 Å². The molecular weight excluding hydrogens is 214 g/mol. The fourth-order valence-corrected chi connectivity index (χ4v) is 2.02. The quantitative estimate of drug-likeness (QED) is 0.817. The molecule has 1 aliphatic rings. The summed E-state index contributed by atoms with van der Waals surface area (Å²) in [5, 5.41) is 12.7. The highest BCUT2D eigenvalue weighted by Crippen LogP contribution is 2.28. The number of para-hydroxylation sites is 1. The molecule has 2 N–H and O–H groups in total. The molecule has 0 spiro atoms. The number of aliphatic hydroxyl groups is 1. The maximum atomic E-state index is 9.33. The minimum absolute atomic E-state index is 0.156. The van der Waals surface area contributed by atoms with Crippen molar-refractivity contribution in [2.75, 3.05) is 13.2 Å². The largest absolute Gasteiger partial charge is 0.488 e. The lowest BCUT2D eigenvalue weighted by Crippen LogP contribution is -2.48. The minimum atomic E-state index is -0.196. The van der Waals surface area contributed by atoms with E-state index in [9.17, 15) is 5.11 Å². The first-order valence-corrected chi connectivity index (χ1v) is 6.27. The summed E-state index contributed by atoms with van der Waals surface area (Å²) in [6.45, 7) is 5.05. The Labute approximate surface area is 103 Å². The van der Waals surface area contributed by atoms with Crippen LogP contribution in [0.1, 0.15) is 25.8 Å². The summed E-state index contributed by atoms with van der Waals surface area (Å²) in [4.78, 5) is 0. The van der Waals surface area contributed by atoms with Crippen molar-refractivity contribution in [3.8, 4) is 5.75 Å². The van der Waals surface area contributed by atoms with Crippen molar-refractivity contribution >= 4 is 0 Å². The minimum Gasteiger partial charge on any atom is -0.488 e. The Morgan fingerprint density at radius 2 is 2.24 bits per heavy atom. The van der Waals surface area contributed by atoms with Crippen LogP contribution in [-0.4, -0.2) is 29.9 Å². The van der Waals surface area contributed by atoms with Crippen LogP contribution >= 0.6 is 0 Å². The van der Waals surface area contributed by atoms with Gasteiger partial charge in [-0.15, -0.1) is 0 Å². The smallest absolute Gasteiger partial charge is 0.123 e. The molecule has 0 fully saturated rings. The first-order valence-electron chi connectivity index (χ1n) is 6.27. The van der Waals surface area contributed by atoms with Gasteiger partial charge in [0.2, 0.25) is 0 Å². The lowest BCUT2D eigenvalue weighted by atomic mass is 10.00. The Morgan fingerprint density at radius 1 is 1.47 bits per heavy atom. The summed E-state index contributed by atoms with van der Waals surface area (Å²) in [6.07, 6.45) is 2.04. The third-order valence-corrected chi connectivity index (χ3v) is 3.60. The Kier molecular flexibility index (Phi) is 3.69. The average molecular weight is 235 g/mol. The van der Waals surface area contributed by atoms with E-state index < -0.39 is 0 Å². The maximum absolute atomic E-state index is 9.33. The zero-order chi connectivity index (χ0) is 12.3. The molecule has 1 aromatic rings. The van der Waals surface area contributed by atoms with Gasteiger partial charge in [0.1, 0.15) is 11.9 Å². The zero-order valence-corrected chi connectivity index (χ0v) is 10.6. The molecule has 94 valence electrons. The molecule has 2 atom stereocenters. The Balaban J connectivity index is 1.88. The maximum Gasteiger partial charge on any atom is 0.123 e. The van der Waals surface area contributed by atoms with E-state index in [1.807, 2.05) is 25.1 Å². The predicted octanol–water partition coefficient (Wildman–Crippen LogP) is 1.74. The summed E-state index contributed by atoms with van der Waals surface area (Å²) in [6, 6.07) is 8.17. The highest BCUT2D eigenvalue weighted by Gasteiger charge is 2.26. The van der Waals surface area contributed by atoms with Gasteiger partial charge in [0, 0.05) is 18.5 Å². The molecule has 1 heterocycles. The summed E-state index contributed by atoms with van der Waals surface area (Å²) in [5.74, 6) is 1.00. The Hall–Kier alpha value is -1.06. The fraction of sp³-hybridized carbons (Fsp3) is 0.571. The number of nitrogens with one attached hydrogen (secondary N) is 1. The molecular formula is C14H21NO2. The number of hydrogen-bond acceptors (Lipinski definition) is 3. The van der Waals surface area contributed by atoms with Gasteiger partial charge in [0.15, 0.2) is 0 Å². The van der Waals surface area contributed by atoms with Crippen LogP contribution in [0.5, 0.6) is 5.75 Å². The van der Waals surface area contributed by atoms with E-state index in [1.165, 1.54) is 5.56 Å². The number of ether oxygens (including phenoxy) is 1. The van der Waals surface area contributed by atoms with Gasteiger partial charge < -0.3 is 15.2 Å². The normalized spacial score (nSPS) is 21.7. The second-order valence-corrected chi connectivity index (χ2v) is 5.00. The standard InChI is InChI=1S/C14H21NO2/c1-3-14(2,10-16)15-9-12-8-11-6-4-5-7-13(11)17-12/h4-7,12,15-16H,3,8-10H2,1-2H3. The van der Waals surface area contributed by atoms with Gasteiger partial charge in [0.25, 0.3) is 0 Å². The van der Waals surface area contributed by atoms with Crippen molar-refractivity contribution < 1.29 is 9.84 Å². The summed E-state index contributed by atoms with van der Waals surface area (Å²) < 4.78 is 5.85. The Bertz CT molecular complexity index is 349. The zero-order valence-electron chi connectivity index (χ0n) is 10.6. The highest BCUT2D eigenvalue weighted by molar-refractivity contribution is 5.37. The molecule has 1 aromatic carbocycles. The lowest BCUT2D eigenvalue weighted by Gasteiger charge is -2.28. The monoisotopic (exact) mass is 235 g/mol. The van der Waals surface area contributed by atoms with Gasteiger partial charge in [-0.2, -0.15) is 0 Å². The molecule has 0 saturated heterocycles. The van der Waals surface area contributed by atoms with Crippen molar-refractivity contribution in [3.63, 3.8) is 0 Å². The van der Waals surface area contributed by atoms with E-state index in [1.54, 1.807) is 0 Å². The van der Waals surface area contributed by atoms with Crippen LogP contribution < -0.4 is 10.1 Å². The fourth-order valence-electron chi connectivity index (χ4n) is 2.02. The average Bonchev–Trinajstić information content (AvgIpc) is 2.79.